The molecule has 0 bridgehead atoms. The predicted octanol–water partition coefficient (Wildman–Crippen LogP) is 2.34. The summed E-state index contributed by atoms with van der Waals surface area (Å²) < 4.78 is 5.19. The summed E-state index contributed by atoms with van der Waals surface area (Å²) in [4.78, 5) is 18.8. The van der Waals surface area contributed by atoms with Crippen molar-refractivity contribution < 1.29 is 9.53 Å². The molecule has 18 heavy (non-hydrogen) atoms. The molecule has 2 atom stereocenters. The molecule has 1 aliphatic heterocycles. The fourth-order valence-corrected chi connectivity index (χ4v) is 2.56. The average molecular weight is 313 g/mol. The molecule has 98 valence electrons. The summed E-state index contributed by atoms with van der Waals surface area (Å²) in [5.74, 6) is 1.03. The third-order valence-corrected chi connectivity index (χ3v) is 4.68. The number of hydrogen-bond donors (Lipinski definition) is 0. The lowest BCUT2D eigenvalue weighted by molar-refractivity contribution is 0.0687. The van der Waals surface area contributed by atoms with Gasteiger partial charge in [-0.2, -0.15) is 0 Å². The van der Waals surface area contributed by atoms with Crippen LogP contribution in [0.25, 0.3) is 0 Å². The Bertz CT molecular complexity index is 439. The van der Waals surface area contributed by atoms with Gasteiger partial charge in [0.05, 0.1) is 18.9 Å². The summed E-state index contributed by atoms with van der Waals surface area (Å²) in [6.45, 7) is 3.72. The van der Waals surface area contributed by atoms with Crippen LogP contribution in [0.1, 0.15) is 23.7 Å². The third kappa shape index (κ3) is 2.66. The summed E-state index contributed by atoms with van der Waals surface area (Å²) in [5.41, 5.74) is 0.590. The van der Waals surface area contributed by atoms with Crippen molar-refractivity contribution in [1.29, 1.82) is 0 Å². The predicted molar refractivity (Wildman–Crippen MR) is 73.2 cm³/mol. The van der Waals surface area contributed by atoms with E-state index in [2.05, 4.69) is 27.8 Å². The maximum atomic E-state index is 12.4. The molecule has 0 saturated carbocycles. The zero-order valence-corrected chi connectivity index (χ0v) is 12.2. The Balaban J connectivity index is 2.16. The second-order valence-corrected chi connectivity index (χ2v) is 5.79. The summed E-state index contributed by atoms with van der Waals surface area (Å²) >= 11 is 3.64. The maximum Gasteiger partial charge on any atom is 0.257 e. The normalized spacial score (nSPS) is 23.8. The molecule has 5 heteroatoms. The molecule has 2 heterocycles. The van der Waals surface area contributed by atoms with Crippen molar-refractivity contribution in [2.45, 2.75) is 18.2 Å². The van der Waals surface area contributed by atoms with Gasteiger partial charge in [0.25, 0.3) is 5.91 Å². The fraction of sp³-hybridized carbons (Fsp3) is 0.538. The Hall–Kier alpha value is -1.10. The Labute approximate surface area is 115 Å². The second kappa shape index (κ2) is 5.69. The van der Waals surface area contributed by atoms with E-state index < -0.39 is 0 Å². The highest BCUT2D eigenvalue weighted by atomic mass is 79.9. The van der Waals surface area contributed by atoms with Crippen LogP contribution in [0.4, 0.5) is 0 Å². The van der Waals surface area contributed by atoms with E-state index in [1.54, 1.807) is 25.6 Å². The maximum absolute atomic E-state index is 12.4. The number of rotatable bonds is 2. The molecule has 1 amide bonds. The second-order valence-electron chi connectivity index (χ2n) is 4.61. The third-order valence-electron chi connectivity index (χ3n) is 3.32. The molecule has 1 aliphatic rings. The van der Waals surface area contributed by atoms with E-state index in [9.17, 15) is 4.79 Å². The highest BCUT2D eigenvalue weighted by molar-refractivity contribution is 9.09. The molecule has 1 aromatic heterocycles. The van der Waals surface area contributed by atoms with E-state index in [4.69, 9.17) is 4.74 Å². The van der Waals surface area contributed by atoms with Gasteiger partial charge in [-0.05, 0) is 18.4 Å². The van der Waals surface area contributed by atoms with Crippen LogP contribution in [-0.4, -0.2) is 40.8 Å². The van der Waals surface area contributed by atoms with E-state index in [1.165, 1.54) is 0 Å². The van der Waals surface area contributed by atoms with Gasteiger partial charge in [-0.15, -0.1) is 0 Å². The molecule has 2 unspecified atom stereocenters. The van der Waals surface area contributed by atoms with Crippen LogP contribution in [0, 0.1) is 5.92 Å². The number of pyridine rings is 1. The molecular weight excluding hydrogens is 296 g/mol. The molecule has 1 fully saturated rings. The van der Waals surface area contributed by atoms with Gasteiger partial charge in [0.2, 0.25) is 0 Å². The van der Waals surface area contributed by atoms with E-state index in [0.29, 0.717) is 22.1 Å². The van der Waals surface area contributed by atoms with Crippen LogP contribution in [0.5, 0.6) is 5.75 Å². The highest BCUT2D eigenvalue weighted by Crippen LogP contribution is 2.26. The average Bonchev–Trinajstić information content (AvgIpc) is 2.41. The van der Waals surface area contributed by atoms with Crippen LogP contribution < -0.4 is 4.74 Å². The van der Waals surface area contributed by atoms with Crippen molar-refractivity contribution >= 4 is 21.8 Å². The number of carbonyl (C=O) groups is 1. The van der Waals surface area contributed by atoms with Crippen LogP contribution in [0.2, 0.25) is 0 Å². The van der Waals surface area contributed by atoms with E-state index >= 15 is 0 Å². The monoisotopic (exact) mass is 312 g/mol. The Morgan fingerprint density at radius 1 is 1.61 bits per heavy atom. The molecule has 1 aromatic rings. The van der Waals surface area contributed by atoms with Crippen molar-refractivity contribution in [3.05, 3.63) is 24.0 Å². The number of nitrogens with zero attached hydrogens (tertiary/aromatic N) is 2. The van der Waals surface area contributed by atoms with Gasteiger partial charge < -0.3 is 9.64 Å². The van der Waals surface area contributed by atoms with Gasteiger partial charge in [-0.25, -0.2) is 0 Å². The first-order valence-electron chi connectivity index (χ1n) is 6.05. The SMILES string of the molecule is COc1cnccc1C(=O)N1CCC(Br)C(C)C1. The summed E-state index contributed by atoms with van der Waals surface area (Å²) in [6.07, 6.45) is 4.19. The zero-order valence-electron chi connectivity index (χ0n) is 10.6. The molecular formula is C13H17BrN2O2. The zero-order chi connectivity index (χ0) is 13.1. The number of piperidine rings is 1. The van der Waals surface area contributed by atoms with E-state index in [0.717, 1.165) is 19.5 Å². The number of hydrogen-bond acceptors (Lipinski definition) is 3. The summed E-state index contributed by atoms with van der Waals surface area (Å²) in [7, 11) is 1.56. The summed E-state index contributed by atoms with van der Waals surface area (Å²) in [5, 5.41) is 0. The number of aromatic nitrogens is 1. The number of halogens is 1. The van der Waals surface area contributed by atoms with E-state index in [1.807, 2.05) is 4.90 Å². The quantitative estimate of drug-likeness (QED) is 0.787. The molecule has 4 nitrogen and oxygen atoms in total. The van der Waals surface area contributed by atoms with E-state index in [-0.39, 0.29) is 5.91 Å². The molecule has 0 aliphatic carbocycles. The van der Waals surface area contributed by atoms with Crippen LogP contribution in [-0.2, 0) is 0 Å². The minimum Gasteiger partial charge on any atom is -0.494 e. The lowest BCUT2D eigenvalue weighted by Crippen LogP contribution is -2.43. The van der Waals surface area contributed by atoms with Gasteiger partial charge in [0.1, 0.15) is 5.75 Å². The van der Waals surface area contributed by atoms with Crippen LogP contribution in [0.3, 0.4) is 0 Å². The number of likely N-dealkylation sites (tertiary alicyclic amines) is 1. The first-order chi connectivity index (χ1) is 8.63. The topological polar surface area (TPSA) is 42.4 Å². The number of carbonyl (C=O) groups excluding carboxylic acids is 1. The van der Waals surface area contributed by atoms with Gasteiger partial charge in [0.15, 0.2) is 0 Å². The standard InChI is InChI=1S/C13H17BrN2O2/c1-9-8-16(6-4-11(9)14)13(17)10-3-5-15-7-12(10)18-2/h3,5,7,9,11H,4,6,8H2,1-2H3. The molecule has 0 N–H and O–H groups in total. The molecule has 1 saturated heterocycles. The number of ether oxygens (including phenoxy) is 1. The first kappa shape index (κ1) is 13.3. The number of amides is 1. The van der Waals surface area contributed by atoms with Gasteiger partial charge in [0, 0.05) is 24.1 Å². The molecule has 0 radical (unpaired) electrons. The molecule has 0 spiro atoms. The van der Waals surface area contributed by atoms with Gasteiger partial charge in [-0.1, -0.05) is 22.9 Å². The lowest BCUT2D eigenvalue weighted by atomic mass is 9.99. The number of methoxy groups -OCH3 is 1. The van der Waals surface area contributed by atoms with Crippen molar-refractivity contribution in [2.24, 2.45) is 5.92 Å². The Morgan fingerprint density at radius 3 is 3.06 bits per heavy atom. The van der Waals surface area contributed by atoms with Crippen molar-refractivity contribution in [1.82, 2.24) is 9.88 Å². The Morgan fingerprint density at radius 2 is 2.39 bits per heavy atom. The highest BCUT2D eigenvalue weighted by Gasteiger charge is 2.28. The lowest BCUT2D eigenvalue weighted by Gasteiger charge is -2.34. The number of alkyl halides is 1. The smallest absolute Gasteiger partial charge is 0.257 e. The van der Waals surface area contributed by atoms with Crippen LogP contribution >= 0.6 is 15.9 Å². The van der Waals surface area contributed by atoms with Crippen molar-refractivity contribution in [3.63, 3.8) is 0 Å². The minimum atomic E-state index is 0.0282. The van der Waals surface area contributed by atoms with Crippen LogP contribution in [0.15, 0.2) is 18.5 Å². The van der Waals surface area contributed by atoms with Gasteiger partial charge in [-0.3, -0.25) is 9.78 Å². The Kier molecular flexibility index (Phi) is 4.22. The minimum absolute atomic E-state index is 0.0282. The fourth-order valence-electron chi connectivity index (χ4n) is 2.19. The largest absolute Gasteiger partial charge is 0.494 e. The first-order valence-corrected chi connectivity index (χ1v) is 6.96. The van der Waals surface area contributed by atoms with Gasteiger partial charge >= 0.3 is 0 Å². The summed E-state index contributed by atoms with van der Waals surface area (Å²) in [6, 6.07) is 1.71. The van der Waals surface area contributed by atoms with Crippen molar-refractivity contribution in [2.75, 3.05) is 20.2 Å². The molecule has 2 rings (SSSR count). The van der Waals surface area contributed by atoms with Crippen molar-refractivity contribution in [3.8, 4) is 5.75 Å². The molecule has 0 aromatic carbocycles.